The summed E-state index contributed by atoms with van der Waals surface area (Å²) >= 11 is 6.05. The molecule has 2 aromatic carbocycles. The van der Waals surface area contributed by atoms with Crippen molar-refractivity contribution in [2.45, 2.75) is 13.0 Å². The predicted molar refractivity (Wildman–Crippen MR) is 162 cm³/mol. The SMILES string of the molecule is COc1cc(Cl)ccc1C(=O)Nc1cc(C(=O)Nc2cc(-c3nc4ccccc4[nH]3)n(C)c2)n(CCCN(C)C)c1. The molecule has 0 saturated carbocycles. The molecule has 3 N–H and O–H groups in total. The average Bonchev–Trinajstić information content (AvgIpc) is 3.64. The van der Waals surface area contributed by atoms with Crippen molar-refractivity contribution in [2.24, 2.45) is 7.05 Å². The maximum absolute atomic E-state index is 13.5. The summed E-state index contributed by atoms with van der Waals surface area (Å²) in [5.74, 6) is 0.419. The minimum absolute atomic E-state index is 0.291. The van der Waals surface area contributed by atoms with Gasteiger partial charge in [0.1, 0.15) is 11.4 Å². The molecule has 11 heteroatoms. The Morgan fingerprint density at radius 1 is 1.02 bits per heavy atom. The second kappa shape index (κ2) is 11.9. The molecule has 0 saturated heterocycles. The summed E-state index contributed by atoms with van der Waals surface area (Å²) in [6.07, 6.45) is 4.44. The van der Waals surface area contributed by atoms with Crippen molar-refractivity contribution in [2.75, 3.05) is 38.4 Å². The van der Waals surface area contributed by atoms with Crippen LogP contribution >= 0.6 is 11.6 Å². The van der Waals surface area contributed by atoms with E-state index in [0.717, 1.165) is 29.7 Å². The molecule has 0 aliphatic carbocycles. The van der Waals surface area contributed by atoms with E-state index in [2.05, 4.69) is 25.5 Å². The molecule has 0 bridgehead atoms. The number of aryl methyl sites for hydroxylation is 2. The lowest BCUT2D eigenvalue weighted by Crippen LogP contribution is -2.19. The van der Waals surface area contributed by atoms with Gasteiger partial charge in [-0.3, -0.25) is 9.59 Å². The van der Waals surface area contributed by atoms with Crippen LogP contribution < -0.4 is 15.4 Å². The number of nitrogens with zero attached hydrogens (tertiary/aromatic N) is 4. The van der Waals surface area contributed by atoms with Gasteiger partial charge in [-0.2, -0.15) is 0 Å². The summed E-state index contributed by atoms with van der Waals surface area (Å²) in [4.78, 5) is 36.7. The molecule has 0 radical (unpaired) electrons. The first-order valence-electron chi connectivity index (χ1n) is 13.1. The fourth-order valence-corrected chi connectivity index (χ4v) is 4.86. The third-order valence-corrected chi connectivity index (χ3v) is 6.93. The number of anilines is 2. The number of hydrogen-bond acceptors (Lipinski definition) is 5. The van der Waals surface area contributed by atoms with Gasteiger partial charge in [-0.15, -0.1) is 0 Å². The molecule has 0 aliphatic rings. The van der Waals surface area contributed by atoms with Gasteiger partial charge in [0.05, 0.1) is 40.8 Å². The van der Waals surface area contributed by atoms with Crippen LogP contribution in [0.4, 0.5) is 11.4 Å². The van der Waals surface area contributed by atoms with Crippen LogP contribution in [0.2, 0.25) is 5.02 Å². The third-order valence-electron chi connectivity index (χ3n) is 6.69. The van der Waals surface area contributed by atoms with Crippen LogP contribution in [-0.2, 0) is 13.6 Å². The van der Waals surface area contributed by atoms with Crippen LogP contribution in [-0.4, -0.2) is 63.6 Å². The standard InChI is InChI=1S/C30H32ClN7O3/c1-36(2)12-7-13-38-18-21(32-29(39)22-11-10-19(31)14-27(22)41-4)16-26(38)30(40)33-20-15-25(37(3)17-20)28-34-23-8-5-6-9-24(23)35-28/h5-6,8-11,14-18H,7,12-13H2,1-4H3,(H,32,39)(H,33,40)(H,34,35). The summed E-state index contributed by atoms with van der Waals surface area (Å²) in [6.45, 7) is 1.45. The zero-order chi connectivity index (χ0) is 29.1. The van der Waals surface area contributed by atoms with Gasteiger partial charge in [0, 0.05) is 31.0 Å². The minimum Gasteiger partial charge on any atom is -0.496 e. The van der Waals surface area contributed by atoms with Crippen LogP contribution in [0.25, 0.3) is 22.6 Å². The summed E-state index contributed by atoms with van der Waals surface area (Å²) in [5, 5.41) is 6.36. The Morgan fingerprint density at radius 2 is 1.78 bits per heavy atom. The predicted octanol–water partition coefficient (Wildman–Crippen LogP) is 5.49. The van der Waals surface area contributed by atoms with Crippen molar-refractivity contribution < 1.29 is 14.3 Å². The van der Waals surface area contributed by atoms with Gasteiger partial charge in [-0.05, 0) is 69.5 Å². The Labute approximate surface area is 242 Å². The molecule has 3 heterocycles. The fourth-order valence-electron chi connectivity index (χ4n) is 4.70. The molecule has 0 spiro atoms. The van der Waals surface area contributed by atoms with E-state index in [1.165, 1.54) is 7.11 Å². The van der Waals surface area contributed by atoms with Crippen molar-refractivity contribution >= 4 is 45.8 Å². The summed E-state index contributed by atoms with van der Waals surface area (Å²) in [6, 6.07) is 16.2. The van der Waals surface area contributed by atoms with Gasteiger partial charge >= 0.3 is 0 Å². The number of para-hydroxylation sites is 2. The molecule has 5 aromatic rings. The highest BCUT2D eigenvalue weighted by atomic mass is 35.5. The van der Waals surface area contributed by atoms with Gasteiger partial charge in [0.2, 0.25) is 0 Å². The second-order valence-electron chi connectivity index (χ2n) is 10.0. The number of carbonyl (C=O) groups is 2. The van der Waals surface area contributed by atoms with Crippen LogP contribution in [0.3, 0.4) is 0 Å². The number of ether oxygens (including phenoxy) is 1. The van der Waals surface area contributed by atoms with Gasteiger partial charge in [-0.25, -0.2) is 4.98 Å². The molecule has 10 nitrogen and oxygen atoms in total. The molecular formula is C30H32ClN7O3. The summed E-state index contributed by atoms with van der Waals surface area (Å²) in [5.41, 5.74) is 4.54. The average molecular weight is 574 g/mol. The molecule has 0 aliphatic heterocycles. The Morgan fingerprint density at radius 3 is 2.54 bits per heavy atom. The van der Waals surface area contributed by atoms with Crippen molar-refractivity contribution in [3.8, 4) is 17.3 Å². The quantitative estimate of drug-likeness (QED) is 0.205. The number of H-pyrrole nitrogens is 1. The number of amides is 2. The van der Waals surface area contributed by atoms with Crippen molar-refractivity contribution in [3.05, 3.63) is 83.3 Å². The molecule has 212 valence electrons. The Hall–Kier alpha value is -4.54. The van der Waals surface area contributed by atoms with Crippen molar-refractivity contribution in [1.82, 2.24) is 24.0 Å². The van der Waals surface area contributed by atoms with Gasteiger partial charge < -0.3 is 34.4 Å². The highest BCUT2D eigenvalue weighted by Gasteiger charge is 2.19. The summed E-state index contributed by atoms with van der Waals surface area (Å²) < 4.78 is 9.10. The van der Waals surface area contributed by atoms with E-state index in [1.54, 1.807) is 30.5 Å². The highest BCUT2D eigenvalue weighted by Crippen LogP contribution is 2.27. The smallest absolute Gasteiger partial charge is 0.272 e. The van der Waals surface area contributed by atoms with Crippen molar-refractivity contribution in [3.63, 3.8) is 0 Å². The molecule has 0 fully saturated rings. The lowest BCUT2D eigenvalue weighted by Gasteiger charge is -2.12. The number of carbonyl (C=O) groups excluding carboxylic acids is 2. The second-order valence-corrected chi connectivity index (χ2v) is 10.5. The Bertz CT molecular complexity index is 1680. The number of rotatable bonds is 10. The lowest BCUT2D eigenvalue weighted by atomic mass is 10.2. The van der Waals surface area contributed by atoms with Crippen LogP contribution in [0, 0.1) is 0 Å². The van der Waals surface area contributed by atoms with Crippen LogP contribution in [0.15, 0.2) is 67.0 Å². The molecule has 3 aromatic heterocycles. The number of aromatic amines is 1. The number of methoxy groups -OCH3 is 1. The number of halogens is 1. The molecule has 41 heavy (non-hydrogen) atoms. The number of imidazole rings is 1. The van der Waals surface area contributed by atoms with E-state index in [9.17, 15) is 9.59 Å². The highest BCUT2D eigenvalue weighted by molar-refractivity contribution is 6.31. The lowest BCUT2D eigenvalue weighted by molar-refractivity contribution is 0.101. The van der Waals surface area contributed by atoms with Crippen LogP contribution in [0.5, 0.6) is 5.75 Å². The maximum atomic E-state index is 13.5. The number of hydrogen-bond donors (Lipinski definition) is 3. The van der Waals surface area contributed by atoms with E-state index < -0.39 is 0 Å². The third kappa shape index (κ3) is 6.29. The number of fused-ring (bicyclic) bond motifs is 1. The number of aromatic nitrogens is 4. The van der Waals surface area contributed by atoms with E-state index >= 15 is 0 Å². The van der Waals surface area contributed by atoms with E-state index in [1.807, 2.05) is 66.8 Å². The van der Waals surface area contributed by atoms with Gasteiger partial charge in [0.25, 0.3) is 11.8 Å². The zero-order valence-electron chi connectivity index (χ0n) is 23.4. The normalized spacial score (nSPS) is 11.3. The number of benzene rings is 2. The molecule has 0 atom stereocenters. The maximum Gasteiger partial charge on any atom is 0.272 e. The Balaban J connectivity index is 1.38. The first-order valence-corrected chi connectivity index (χ1v) is 13.5. The summed E-state index contributed by atoms with van der Waals surface area (Å²) in [7, 11) is 7.39. The number of nitrogens with one attached hydrogen (secondary N) is 3. The first-order chi connectivity index (χ1) is 19.7. The fraction of sp³-hybridized carbons (Fsp3) is 0.233. The first kappa shape index (κ1) is 28.0. The van der Waals surface area contributed by atoms with E-state index in [0.29, 0.717) is 45.8 Å². The topological polar surface area (TPSA) is 109 Å². The van der Waals surface area contributed by atoms with Gasteiger partial charge in [-0.1, -0.05) is 23.7 Å². The molecular weight excluding hydrogens is 542 g/mol. The monoisotopic (exact) mass is 573 g/mol. The Kier molecular flexibility index (Phi) is 8.14. The van der Waals surface area contributed by atoms with E-state index in [-0.39, 0.29) is 11.8 Å². The van der Waals surface area contributed by atoms with Crippen molar-refractivity contribution in [1.29, 1.82) is 0 Å². The zero-order valence-corrected chi connectivity index (χ0v) is 24.1. The molecule has 2 amide bonds. The minimum atomic E-state index is -0.366. The molecule has 0 unspecified atom stereocenters. The van der Waals surface area contributed by atoms with E-state index in [4.69, 9.17) is 16.3 Å². The largest absolute Gasteiger partial charge is 0.496 e. The molecule has 5 rings (SSSR count). The van der Waals surface area contributed by atoms with Gasteiger partial charge in [0.15, 0.2) is 5.82 Å². The van der Waals surface area contributed by atoms with Crippen LogP contribution in [0.1, 0.15) is 27.3 Å².